The van der Waals surface area contributed by atoms with Gasteiger partial charge in [-0.2, -0.15) is 0 Å². The summed E-state index contributed by atoms with van der Waals surface area (Å²) in [7, 11) is 0. The van der Waals surface area contributed by atoms with Crippen molar-refractivity contribution in [3.63, 3.8) is 0 Å². The predicted octanol–water partition coefficient (Wildman–Crippen LogP) is 3.99. The Labute approximate surface area is 130 Å². The van der Waals surface area contributed by atoms with Gasteiger partial charge in [0.2, 0.25) is 0 Å². The SMILES string of the molecule is CCN1CCC(CNC(C)c2cc(C)c(C)cc2C)CC1. The van der Waals surface area contributed by atoms with Crippen LogP contribution in [0, 0.1) is 26.7 Å². The van der Waals surface area contributed by atoms with Gasteiger partial charge in [0.15, 0.2) is 0 Å². The zero-order chi connectivity index (χ0) is 15.4. The maximum absolute atomic E-state index is 3.77. The fraction of sp³-hybridized carbons (Fsp3) is 0.684. The zero-order valence-electron chi connectivity index (χ0n) is 14.5. The maximum Gasteiger partial charge on any atom is 0.0294 e. The van der Waals surface area contributed by atoms with E-state index >= 15 is 0 Å². The zero-order valence-corrected chi connectivity index (χ0v) is 14.5. The van der Waals surface area contributed by atoms with Gasteiger partial charge in [-0.25, -0.2) is 0 Å². The van der Waals surface area contributed by atoms with Crippen LogP contribution < -0.4 is 5.32 Å². The Kier molecular flexibility index (Phi) is 5.83. The molecule has 0 amide bonds. The summed E-state index contributed by atoms with van der Waals surface area (Å²) in [4.78, 5) is 2.56. The summed E-state index contributed by atoms with van der Waals surface area (Å²) in [5.74, 6) is 0.849. The number of benzene rings is 1. The first-order chi connectivity index (χ1) is 10.0. The van der Waals surface area contributed by atoms with Gasteiger partial charge in [-0.1, -0.05) is 19.1 Å². The Morgan fingerprint density at radius 3 is 2.33 bits per heavy atom. The molecule has 1 fully saturated rings. The molecule has 1 heterocycles. The molecular formula is C19H32N2. The van der Waals surface area contributed by atoms with Crippen molar-refractivity contribution < 1.29 is 0 Å². The monoisotopic (exact) mass is 288 g/mol. The molecule has 1 aliphatic rings. The Bertz CT molecular complexity index is 459. The second-order valence-electron chi connectivity index (χ2n) is 6.80. The van der Waals surface area contributed by atoms with Crippen LogP contribution in [0.4, 0.5) is 0 Å². The van der Waals surface area contributed by atoms with Crippen molar-refractivity contribution in [2.24, 2.45) is 5.92 Å². The molecule has 2 heteroatoms. The van der Waals surface area contributed by atoms with E-state index in [0.717, 1.165) is 12.5 Å². The minimum Gasteiger partial charge on any atom is -0.310 e. The van der Waals surface area contributed by atoms with Crippen molar-refractivity contribution in [2.75, 3.05) is 26.2 Å². The summed E-state index contributed by atoms with van der Waals surface area (Å²) < 4.78 is 0. The molecule has 1 saturated heterocycles. The Hall–Kier alpha value is -0.860. The number of hydrogen-bond donors (Lipinski definition) is 1. The van der Waals surface area contributed by atoms with Gasteiger partial charge in [0, 0.05) is 6.04 Å². The normalized spacial score (nSPS) is 18.9. The number of hydrogen-bond acceptors (Lipinski definition) is 2. The summed E-state index contributed by atoms with van der Waals surface area (Å²) in [6, 6.07) is 5.14. The van der Waals surface area contributed by atoms with Crippen LogP contribution in [0.25, 0.3) is 0 Å². The Morgan fingerprint density at radius 2 is 1.71 bits per heavy atom. The summed E-state index contributed by atoms with van der Waals surface area (Å²) in [6.45, 7) is 16.1. The third-order valence-electron chi connectivity index (χ3n) is 5.22. The fourth-order valence-electron chi connectivity index (χ4n) is 3.41. The van der Waals surface area contributed by atoms with Crippen molar-refractivity contribution in [1.82, 2.24) is 10.2 Å². The second kappa shape index (κ2) is 7.42. The lowest BCUT2D eigenvalue weighted by Crippen LogP contribution is -2.37. The summed E-state index contributed by atoms with van der Waals surface area (Å²) in [5.41, 5.74) is 5.68. The molecule has 0 spiro atoms. The topological polar surface area (TPSA) is 15.3 Å². The largest absolute Gasteiger partial charge is 0.310 e. The van der Waals surface area contributed by atoms with Crippen LogP contribution in [-0.2, 0) is 0 Å². The lowest BCUT2D eigenvalue weighted by molar-refractivity contribution is 0.188. The van der Waals surface area contributed by atoms with Crippen molar-refractivity contribution in [1.29, 1.82) is 0 Å². The summed E-state index contributed by atoms with van der Waals surface area (Å²) in [6.07, 6.45) is 2.69. The molecule has 1 aromatic carbocycles. The number of aryl methyl sites for hydroxylation is 3. The number of likely N-dealkylation sites (tertiary alicyclic amines) is 1. The fourth-order valence-corrected chi connectivity index (χ4v) is 3.41. The van der Waals surface area contributed by atoms with E-state index in [-0.39, 0.29) is 0 Å². The van der Waals surface area contributed by atoms with Gasteiger partial charge in [-0.15, -0.1) is 0 Å². The van der Waals surface area contributed by atoms with Crippen molar-refractivity contribution in [2.45, 2.75) is 53.5 Å². The van der Waals surface area contributed by atoms with Crippen LogP contribution in [0.1, 0.15) is 55.0 Å². The van der Waals surface area contributed by atoms with E-state index in [0.29, 0.717) is 6.04 Å². The minimum atomic E-state index is 0.452. The van der Waals surface area contributed by atoms with Gasteiger partial charge >= 0.3 is 0 Å². The van der Waals surface area contributed by atoms with E-state index in [4.69, 9.17) is 0 Å². The van der Waals surface area contributed by atoms with E-state index < -0.39 is 0 Å². The van der Waals surface area contributed by atoms with Crippen LogP contribution in [-0.4, -0.2) is 31.1 Å². The highest BCUT2D eigenvalue weighted by Crippen LogP contribution is 2.23. The van der Waals surface area contributed by atoms with E-state index in [1.807, 2.05) is 0 Å². The first-order valence-corrected chi connectivity index (χ1v) is 8.54. The average Bonchev–Trinajstić information content (AvgIpc) is 2.49. The van der Waals surface area contributed by atoms with Gasteiger partial charge in [0.1, 0.15) is 0 Å². The van der Waals surface area contributed by atoms with Crippen LogP contribution in [0.15, 0.2) is 12.1 Å². The van der Waals surface area contributed by atoms with Gasteiger partial charge < -0.3 is 10.2 Å². The summed E-state index contributed by atoms with van der Waals surface area (Å²) in [5, 5.41) is 3.77. The second-order valence-corrected chi connectivity index (χ2v) is 6.80. The molecule has 0 radical (unpaired) electrons. The molecule has 21 heavy (non-hydrogen) atoms. The Morgan fingerprint density at radius 1 is 1.10 bits per heavy atom. The molecule has 0 saturated carbocycles. The van der Waals surface area contributed by atoms with Crippen molar-refractivity contribution in [3.8, 4) is 0 Å². The van der Waals surface area contributed by atoms with Gasteiger partial charge in [0.05, 0.1) is 0 Å². The Balaban J connectivity index is 1.88. The molecule has 2 rings (SSSR count). The number of rotatable bonds is 5. The number of piperidine rings is 1. The van der Waals surface area contributed by atoms with Crippen LogP contribution in [0.3, 0.4) is 0 Å². The van der Waals surface area contributed by atoms with Gasteiger partial charge in [-0.3, -0.25) is 0 Å². The maximum atomic E-state index is 3.77. The number of nitrogens with one attached hydrogen (secondary N) is 1. The average molecular weight is 288 g/mol. The van der Waals surface area contributed by atoms with Crippen LogP contribution in [0.5, 0.6) is 0 Å². The van der Waals surface area contributed by atoms with E-state index in [2.05, 4.69) is 57.0 Å². The highest BCUT2D eigenvalue weighted by Gasteiger charge is 2.19. The molecule has 2 nitrogen and oxygen atoms in total. The number of nitrogens with zero attached hydrogens (tertiary/aromatic N) is 1. The molecule has 0 aromatic heterocycles. The quantitative estimate of drug-likeness (QED) is 0.881. The lowest BCUT2D eigenvalue weighted by atomic mass is 9.94. The van der Waals surface area contributed by atoms with Gasteiger partial charge in [-0.05, 0) is 94.9 Å². The van der Waals surface area contributed by atoms with Crippen molar-refractivity contribution in [3.05, 3.63) is 34.4 Å². The molecule has 1 N–H and O–H groups in total. The first-order valence-electron chi connectivity index (χ1n) is 8.54. The lowest BCUT2D eigenvalue weighted by Gasteiger charge is -2.32. The highest BCUT2D eigenvalue weighted by atomic mass is 15.1. The van der Waals surface area contributed by atoms with Gasteiger partial charge in [0.25, 0.3) is 0 Å². The standard InChI is InChI=1S/C19H32N2/c1-6-21-9-7-18(8-10-21)13-20-17(5)19-12-15(3)14(2)11-16(19)4/h11-12,17-18,20H,6-10,13H2,1-5H3. The smallest absolute Gasteiger partial charge is 0.0294 e. The molecule has 0 bridgehead atoms. The van der Waals surface area contributed by atoms with Crippen LogP contribution in [0.2, 0.25) is 0 Å². The highest BCUT2D eigenvalue weighted by molar-refractivity contribution is 5.38. The molecule has 1 aromatic rings. The summed E-state index contributed by atoms with van der Waals surface area (Å²) >= 11 is 0. The molecule has 1 aliphatic heterocycles. The predicted molar refractivity (Wildman–Crippen MR) is 91.9 cm³/mol. The van der Waals surface area contributed by atoms with E-state index in [1.54, 1.807) is 0 Å². The van der Waals surface area contributed by atoms with E-state index in [9.17, 15) is 0 Å². The molecule has 0 aliphatic carbocycles. The molecule has 1 unspecified atom stereocenters. The first kappa shape index (κ1) is 16.5. The van der Waals surface area contributed by atoms with Crippen molar-refractivity contribution >= 4 is 0 Å². The van der Waals surface area contributed by atoms with Crippen LogP contribution >= 0.6 is 0 Å². The third-order valence-corrected chi connectivity index (χ3v) is 5.22. The molecule has 118 valence electrons. The molecular weight excluding hydrogens is 256 g/mol. The molecule has 1 atom stereocenters. The minimum absolute atomic E-state index is 0.452. The van der Waals surface area contributed by atoms with E-state index in [1.165, 1.54) is 54.7 Å². The third kappa shape index (κ3) is 4.31.